The lowest BCUT2D eigenvalue weighted by Gasteiger charge is -2.36. The number of imidazole rings is 1. The zero-order valence-electron chi connectivity index (χ0n) is 16.8. The summed E-state index contributed by atoms with van der Waals surface area (Å²) in [7, 11) is 0. The van der Waals surface area contributed by atoms with E-state index < -0.39 is 0 Å². The molecule has 1 aromatic heterocycles. The molecule has 0 aliphatic carbocycles. The minimum Gasteiger partial charge on any atom is -0.338 e. The minimum atomic E-state index is 0.291. The lowest BCUT2D eigenvalue weighted by atomic mass is 9.94. The van der Waals surface area contributed by atoms with Gasteiger partial charge in [0.2, 0.25) is 5.91 Å². The second-order valence-corrected chi connectivity index (χ2v) is 8.50. The van der Waals surface area contributed by atoms with Gasteiger partial charge in [0.1, 0.15) is 0 Å². The van der Waals surface area contributed by atoms with Crippen molar-refractivity contribution in [2.75, 3.05) is 19.6 Å². The van der Waals surface area contributed by atoms with Crippen molar-refractivity contribution in [1.82, 2.24) is 19.4 Å². The zero-order chi connectivity index (χ0) is 19.6. The van der Waals surface area contributed by atoms with Crippen LogP contribution in [0.2, 0.25) is 0 Å². The lowest BCUT2D eigenvalue weighted by Crippen LogP contribution is -2.47. The maximum Gasteiger partial charge on any atom is 0.224 e. The fourth-order valence-corrected chi connectivity index (χ4v) is 5.00. The molecular formula is C24H28N4O. The van der Waals surface area contributed by atoms with Gasteiger partial charge < -0.3 is 9.47 Å². The zero-order valence-corrected chi connectivity index (χ0v) is 16.8. The number of carbonyl (C=O) groups excluding carboxylic acids is 1. The molecule has 2 atom stereocenters. The van der Waals surface area contributed by atoms with Crippen molar-refractivity contribution in [3.63, 3.8) is 0 Å². The first kappa shape index (κ1) is 18.4. The van der Waals surface area contributed by atoms with Crippen LogP contribution in [0.3, 0.4) is 0 Å². The average Bonchev–Trinajstić information content (AvgIpc) is 2.96. The molecule has 5 nitrogen and oxygen atoms in total. The number of nitrogens with zero attached hydrogens (tertiary/aromatic N) is 4. The second kappa shape index (κ2) is 7.99. The van der Waals surface area contributed by atoms with E-state index in [-0.39, 0.29) is 0 Å². The van der Waals surface area contributed by atoms with Gasteiger partial charge in [-0.05, 0) is 36.5 Å². The van der Waals surface area contributed by atoms with Crippen molar-refractivity contribution in [1.29, 1.82) is 0 Å². The molecule has 0 radical (unpaired) electrons. The summed E-state index contributed by atoms with van der Waals surface area (Å²) in [5.41, 5.74) is 3.45. The van der Waals surface area contributed by atoms with Crippen molar-refractivity contribution in [2.45, 2.75) is 38.4 Å². The molecule has 2 aromatic carbocycles. The topological polar surface area (TPSA) is 41.4 Å². The third-order valence-corrected chi connectivity index (χ3v) is 6.45. The van der Waals surface area contributed by atoms with Gasteiger partial charge in [-0.2, -0.15) is 0 Å². The molecule has 3 saturated heterocycles. The van der Waals surface area contributed by atoms with Crippen LogP contribution >= 0.6 is 0 Å². The summed E-state index contributed by atoms with van der Waals surface area (Å²) in [5.74, 6) is 0.884. The molecule has 3 aliphatic rings. The Balaban J connectivity index is 1.23. The molecule has 2 bridgehead atoms. The van der Waals surface area contributed by atoms with Crippen LogP contribution in [-0.2, 0) is 17.9 Å². The van der Waals surface area contributed by atoms with Crippen molar-refractivity contribution in [3.8, 4) is 0 Å². The van der Waals surface area contributed by atoms with E-state index in [4.69, 9.17) is 0 Å². The summed E-state index contributed by atoms with van der Waals surface area (Å²) in [5, 5.41) is 0. The SMILES string of the molecule is O=C(CCn1cnc2ccccc21)N1C[C@H]2CC[C@@H]1CN(Cc1ccccc1)C2. The molecule has 3 fully saturated rings. The number of fused-ring (bicyclic) bond motifs is 5. The van der Waals surface area contributed by atoms with Crippen LogP contribution in [0.5, 0.6) is 0 Å². The fraction of sp³-hybridized carbons (Fsp3) is 0.417. The van der Waals surface area contributed by atoms with Crippen molar-refractivity contribution < 1.29 is 4.79 Å². The van der Waals surface area contributed by atoms with Crippen LogP contribution in [0.25, 0.3) is 11.0 Å². The Morgan fingerprint density at radius 1 is 0.966 bits per heavy atom. The Labute approximate surface area is 171 Å². The maximum absolute atomic E-state index is 13.1. The highest BCUT2D eigenvalue weighted by atomic mass is 16.2. The number of hydrogen-bond donors (Lipinski definition) is 0. The van der Waals surface area contributed by atoms with Gasteiger partial charge in [-0.25, -0.2) is 4.98 Å². The molecular weight excluding hydrogens is 360 g/mol. The molecule has 3 aliphatic heterocycles. The molecule has 4 heterocycles. The first-order valence-electron chi connectivity index (χ1n) is 10.7. The van der Waals surface area contributed by atoms with E-state index in [1.807, 2.05) is 24.5 Å². The normalized spacial score (nSPS) is 22.1. The summed E-state index contributed by atoms with van der Waals surface area (Å²) in [6, 6.07) is 19.1. The van der Waals surface area contributed by atoms with E-state index >= 15 is 0 Å². The van der Waals surface area contributed by atoms with Crippen LogP contribution in [0, 0.1) is 5.92 Å². The molecule has 0 spiro atoms. The summed E-state index contributed by atoms with van der Waals surface area (Å²) >= 11 is 0. The van der Waals surface area contributed by atoms with Crippen molar-refractivity contribution in [3.05, 3.63) is 66.5 Å². The van der Waals surface area contributed by atoms with Gasteiger partial charge >= 0.3 is 0 Å². The molecule has 0 N–H and O–H groups in total. The predicted octanol–water partition coefficient (Wildman–Crippen LogP) is 3.55. The number of amides is 1. The number of aromatic nitrogens is 2. The van der Waals surface area contributed by atoms with Gasteiger partial charge in [-0.3, -0.25) is 9.69 Å². The van der Waals surface area contributed by atoms with Gasteiger partial charge in [0.05, 0.1) is 17.4 Å². The first-order valence-corrected chi connectivity index (χ1v) is 10.7. The van der Waals surface area contributed by atoms with E-state index in [1.165, 1.54) is 12.0 Å². The van der Waals surface area contributed by atoms with E-state index in [0.717, 1.165) is 43.6 Å². The number of aryl methyl sites for hydroxylation is 1. The standard InChI is InChI=1S/C24H28N4O/c29-24(12-13-27-18-25-22-8-4-5-9-23(22)27)28-16-20-10-11-21(28)17-26(15-20)14-19-6-2-1-3-7-19/h1-9,18,20-21H,10-17H2/t20-,21+/m0/s1. The molecule has 150 valence electrons. The van der Waals surface area contributed by atoms with Crippen LogP contribution < -0.4 is 0 Å². The fourth-order valence-electron chi connectivity index (χ4n) is 5.00. The number of para-hydroxylation sites is 2. The monoisotopic (exact) mass is 388 g/mol. The second-order valence-electron chi connectivity index (χ2n) is 8.50. The molecule has 1 amide bonds. The Bertz CT molecular complexity index is 983. The number of benzene rings is 2. The van der Waals surface area contributed by atoms with Crippen LogP contribution in [0.4, 0.5) is 0 Å². The Hall–Kier alpha value is -2.66. The smallest absolute Gasteiger partial charge is 0.224 e. The largest absolute Gasteiger partial charge is 0.338 e. The van der Waals surface area contributed by atoms with Crippen LogP contribution in [0.15, 0.2) is 60.9 Å². The highest BCUT2D eigenvalue weighted by Crippen LogP contribution is 2.29. The van der Waals surface area contributed by atoms with Gasteiger partial charge in [0, 0.05) is 45.2 Å². The summed E-state index contributed by atoms with van der Waals surface area (Å²) in [6.45, 7) is 4.68. The predicted molar refractivity (Wildman–Crippen MR) is 114 cm³/mol. The van der Waals surface area contributed by atoms with Gasteiger partial charge in [0.25, 0.3) is 0 Å². The van der Waals surface area contributed by atoms with Crippen molar-refractivity contribution >= 4 is 16.9 Å². The molecule has 0 saturated carbocycles. The minimum absolute atomic E-state index is 0.291. The number of carbonyl (C=O) groups is 1. The van der Waals surface area contributed by atoms with E-state index in [9.17, 15) is 4.79 Å². The highest BCUT2D eigenvalue weighted by Gasteiger charge is 2.36. The third kappa shape index (κ3) is 3.92. The van der Waals surface area contributed by atoms with Crippen LogP contribution in [-0.4, -0.2) is 50.9 Å². The van der Waals surface area contributed by atoms with Crippen molar-refractivity contribution in [2.24, 2.45) is 5.92 Å². The van der Waals surface area contributed by atoms with Gasteiger partial charge in [-0.1, -0.05) is 42.5 Å². The van der Waals surface area contributed by atoms with Gasteiger partial charge in [0.15, 0.2) is 0 Å². The third-order valence-electron chi connectivity index (χ3n) is 6.45. The van der Waals surface area contributed by atoms with Crippen LogP contribution in [0.1, 0.15) is 24.8 Å². The molecule has 6 rings (SSSR count). The van der Waals surface area contributed by atoms with E-state index in [1.54, 1.807) is 0 Å². The molecule has 3 aromatic rings. The summed E-state index contributed by atoms with van der Waals surface area (Å²) in [6.07, 6.45) is 4.78. The van der Waals surface area contributed by atoms with Gasteiger partial charge in [-0.15, -0.1) is 0 Å². The number of hydrogen-bond acceptors (Lipinski definition) is 3. The molecule has 5 heteroatoms. The maximum atomic E-state index is 13.1. The van der Waals surface area contributed by atoms with E-state index in [2.05, 4.69) is 55.7 Å². The summed E-state index contributed by atoms with van der Waals surface area (Å²) in [4.78, 5) is 22.3. The lowest BCUT2D eigenvalue weighted by molar-refractivity contribution is -0.135. The quantitative estimate of drug-likeness (QED) is 0.671. The highest BCUT2D eigenvalue weighted by molar-refractivity contribution is 5.78. The molecule has 29 heavy (non-hydrogen) atoms. The summed E-state index contributed by atoms with van der Waals surface area (Å²) < 4.78 is 2.10. The average molecular weight is 389 g/mol. The Morgan fingerprint density at radius 2 is 1.79 bits per heavy atom. The first-order chi connectivity index (χ1) is 14.3. The Morgan fingerprint density at radius 3 is 2.69 bits per heavy atom. The Kier molecular flexibility index (Phi) is 5.06. The number of rotatable bonds is 5. The van der Waals surface area contributed by atoms with E-state index in [0.29, 0.717) is 30.8 Å². The molecule has 0 unspecified atom stereocenters. The number of piperidine rings is 1.